The van der Waals surface area contributed by atoms with E-state index in [1.165, 1.54) is 0 Å². The largest absolute Gasteiger partial charge is 0.382 e. The summed E-state index contributed by atoms with van der Waals surface area (Å²) in [5, 5.41) is 9.66. The fraction of sp³-hybridized carbons (Fsp3) is 0.231. The highest BCUT2D eigenvalue weighted by Gasteiger charge is 2.10. The van der Waals surface area contributed by atoms with E-state index in [0.29, 0.717) is 11.9 Å². The zero-order chi connectivity index (χ0) is 12.7. The minimum Gasteiger partial charge on any atom is -0.382 e. The molecule has 5 nitrogen and oxygen atoms in total. The highest BCUT2D eigenvalue weighted by Crippen LogP contribution is 2.23. The van der Waals surface area contributed by atoms with Gasteiger partial charge in [0.25, 0.3) is 0 Å². The molecular formula is C13H15N5. The van der Waals surface area contributed by atoms with Gasteiger partial charge in [-0.25, -0.2) is 4.68 Å². The summed E-state index contributed by atoms with van der Waals surface area (Å²) < 4.78 is 3.73. The van der Waals surface area contributed by atoms with Crippen LogP contribution in [0.4, 0.5) is 5.82 Å². The highest BCUT2D eigenvalue weighted by atomic mass is 15.4. The molecule has 1 aromatic carbocycles. The van der Waals surface area contributed by atoms with E-state index in [2.05, 4.69) is 24.0 Å². The third-order valence-electron chi connectivity index (χ3n) is 2.98. The first-order valence-corrected chi connectivity index (χ1v) is 5.94. The summed E-state index contributed by atoms with van der Waals surface area (Å²) in [6.07, 6.45) is 3.78. The van der Waals surface area contributed by atoms with Crippen LogP contribution in [-0.2, 0) is 0 Å². The molecule has 0 aliphatic carbocycles. The molecule has 0 amide bonds. The second-order valence-corrected chi connectivity index (χ2v) is 4.59. The van der Waals surface area contributed by atoms with Crippen LogP contribution in [0, 0.1) is 0 Å². The van der Waals surface area contributed by atoms with Gasteiger partial charge in [-0.1, -0.05) is 12.1 Å². The Balaban J connectivity index is 2.19. The lowest BCUT2D eigenvalue weighted by Gasteiger charge is -2.03. The highest BCUT2D eigenvalue weighted by molar-refractivity contribution is 5.90. The molecule has 0 unspecified atom stereocenters. The van der Waals surface area contributed by atoms with Crippen LogP contribution in [0.3, 0.4) is 0 Å². The summed E-state index contributed by atoms with van der Waals surface area (Å²) in [5.41, 5.74) is 7.85. The quantitative estimate of drug-likeness (QED) is 0.749. The van der Waals surface area contributed by atoms with Gasteiger partial charge in [0.1, 0.15) is 5.69 Å². The lowest BCUT2D eigenvalue weighted by Crippen LogP contribution is -2.00. The number of hydrogen-bond donors (Lipinski definition) is 1. The number of benzene rings is 1. The molecular weight excluding hydrogens is 226 g/mol. The number of nitrogens with zero attached hydrogens (tertiary/aromatic N) is 4. The molecule has 2 N–H and O–H groups in total. The molecule has 5 heteroatoms. The Morgan fingerprint density at radius 2 is 2.00 bits per heavy atom. The Hall–Kier alpha value is -2.30. The molecule has 2 heterocycles. The Morgan fingerprint density at radius 3 is 2.72 bits per heavy atom. The van der Waals surface area contributed by atoms with E-state index >= 15 is 0 Å². The van der Waals surface area contributed by atoms with Crippen LogP contribution in [0.2, 0.25) is 0 Å². The van der Waals surface area contributed by atoms with E-state index in [9.17, 15) is 0 Å². The number of anilines is 1. The molecule has 3 rings (SSSR count). The van der Waals surface area contributed by atoms with Crippen molar-refractivity contribution in [1.82, 2.24) is 19.6 Å². The van der Waals surface area contributed by atoms with Crippen LogP contribution >= 0.6 is 0 Å². The summed E-state index contributed by atoms with van der Waals surface area (Å²) in [6.45, 7) is 4.18. The standard InChI is InChI=1S/C13H15N5/c1-9(2)17-8-10(7-15-17)18-12-6-4-3-5-11(12)13(14)16-18/h3-9H,1-2H3,(H2,14,16). The minimum atomic E-state index is 0.331. The monoisotopic (exact) mass is 241 g/mol. The topological polar surface area (TPSA) is 61.7 Å². The average Bonchev–Trinajstić information content (AvgIpc) is 2.95. The second kappa shape index (κ2) is 3.87. The summed E-state index contributed by atoms with van der Waals surface area (Å²) in [5.74, 6) is 0.544. The third-order valence-corrected chi connectivity index (χ3v) is 2.98. The van der Waals surface area contributed by atoms with Crippen molar-refractivity contribution in [3.63, 3.8) is 0 Å². The summed E-state index contributed by atoms with van der Waals surface area (Å²) in [4.78, 5) is 0. The SMILES string of the molecule is CC(C)n1cc(-n2nc(N)c3ccccc32)cn1. The number of fused-ring (bicyclic) bond motifs is 1. The number of hydrogen-bond acceptors (Lipinski definition) is 3. The van der Waals surface area contributed by atoms with Crippen molar-refractivity contribution in [1.29, 1.82) is 0 Å². The molecule has 2 aromatic heterocycles. The van der Waals surface area contributed by atoms with Crippen molar-refractivity contribution >= 4 is 16.7 Å². The van der Waals surface area contributed by atoms with Gasteiger partial charge in [0.05, 0.1) is 17.9 Å². The Morgan fingerprint density at radius 1 is 1.22 bits per heavy atom. The molecule has 18 heavy (non-hydrogen) atoms. The fourth-order valence-electron chi connectivity index (χ4n) is 2.01. The van der Waals surface area contributed by atoms with Gasteiger partial charge in [0.2, 0.25) is 0 Å². The van der Waals surface area contributed by atoms with Gasteiger partial charge in [-0.15, -0.1) is 5.10 Å². The van der Waals surface area contributed by atoms with Crippen LogP contribution in [0.15, 0.2) is 36.7 Å². The maximum atomic E-state index is 5.92. The summed E-state index contributed by atoms with van der Waals surface area (Å²) >= 11 is 0. The summed E-state index contributed by atoms with van der Waals surface area (Å²) in [6, 6.07) is 8.25. The van der Waals surface area contributed by atoms with Crippen molar-refractivity contribution in [2.45, 2.75) is 19.9 Å². The first kappa shape index (κ1) is 10.8. The van der Waals surface area contributed by atoms with Crippen molar-refractivity contribution in [3.05, 3.63) is 36.7 Å². The van der Waals surface area contributed by atoms with E-state index in [-0.39, 0.29) is 0 Å². The number of nitrogen functional groups attached to an aromatic ring is 1. The predicted molar refractivity (Wildman–Crippen MR) is 71.7 cm³/mol. The molecule has 0 bridgehead atoms. The molecule has 0 spiro atoms. The van der Waals surface area contributed by atoms with Crippen LogP contribution < -0.4 is 5.73 Å². The van der Waals surface area contributed by atoms with E-state index in [1.807, 2.05) is 39.8 Å². The van der Waals surface area contributed by atoms with Gasteiger partial charge in [0.15, 0.2) is 5.82 Å². The molecule has 0 fully saturated rings. The van der Waals surface area contributed by atoms with Crippen molar-refractivity contribution in [3.8, 4) is 5.69 Å². The van der Waals surface area contributed by atoms with Crippen molar-refractivity contribution in [2.75, 3.05) is 5.73 Å². The first-order valence-electron chi connectivity index (χ1n) is 5.94. The van der Waals surface area contributed by atoms with E-state index in [4.69, 9.17) is 5.73 Å². The Kier molecular flexibility index (Phi) is 2.33. The molecule has 0 saturated heterocycles. The molecule has 0 aliphatic heterocycles. The maximum Gasteiger partial charge on any atom is 0.153 e. The molecule has 92 valence electrons. The first-order chi connectivity index (χ1) is 8.66. The van der Waals surface area contributed by atoms with Crippen LogP contribution in [0.25, 0.3) is 16.6 Å². The van der Waals surface area contributed by atoms with Crippen LogP contribution in [-0.4, -0.2) is 19.6 Å². The lowest BCUT2D eigenvalue weighted by atomic mass is 10.2. The number of para-hydroxylation sites is 1. The van der Waals surface area contributed by atoms with Crippen molar-refractivity contribution in [2.24, 2.45) is 0 Å². The molecule has 0 aliphatic rings. The zero-order valence-electron chi connectivity index (χ0n) is 10.4. The van der Waals surface area contributed by atoms with Gasteiger partial charge in [-0.2, -0.15) is 5.10 Å². The molecule has 3 aromatic rings. The third kappa shape index (κ3) is 1.55. The van der Waals surface area contributed by atoms with Gasteiger partial charge in [0, 0.05) is 11.4 Å². The smallest absolute Gasteiger partial charge is 0.153 e. The zero-order valence-corrected chi connectivity index (χ0v) is 10.4. The van der Waals surface area contributed by atoms with Crippen LogP contribution in [0.1, 0.15) is 19.9 Å². The molecule has 0 atom stereocenters. The summed E-state index contributed by atoms with van der Waals surface area (Å²) in [7, 11) is 0. The number of rotatable bonds is 2. The number of aromatic nitrogens is 4. The molecule has 0 radical (unpaired) electrons. The van der Waals surface area contributed by atoms with E-state index < -0.39 is 0 Å². The Bertz CT molecular complexity index is 692. The van der Waals surface area contributed by atoms with Gasteiger partial charge >= 0.3 is 0 Å². The molecule has 0 saturated carbocycles. The second-order valence-electron chi connectivity index (χ2n) is 4.59. The van der Waals surface area contributed by atoms with Gasteiger partial charge in [-0.3, -0.25) is 4.68 Å². The fourth-order valence-corrected chi connectivity index (χ4v) is 2.01. The van der Waals surface area contributed by atoms with Crippen LogP contribution in [0.5, 0.6) is 0 Å². The van der Waals surface area contributed by atoms with Gasteiger partial charge < -0.3 is 5.73 Å². The normalized spacial score (nSPS) is 11.5. The minimum absolute atomic E-state index is 0.331. The van der Waals surface area contributed by atoms with E-state index in [1.54, 1.807) is 6.20 Å². The average molecular weight is 241 g/mol. The maximum absolute atomic E-state index is 5.92. The number of nitrogens with two attached hydrogens (primary N) is 1. The van der Waals surface area contributed by atoms with Crippen molar-refractivity contribution < 1.29 is 0 Å². The lowest BCUT2D eigenvalue weighted by molar-refractivity contribution is 0.532. The predicted octanol–water partition coefficient (Wildman–Crippen LogP) is 2.39. The Labute approximate surface area is 105 Å². The van der Waals surface area contributed by atoms with Gasteiger partial charge in [-0.05, 0) is 26.0 Å². The van der Waals surface area contributed by atoms with E-state index in [0.717, 1.165) is 16.6 Å².